The molecule has 1 fully saturated rings. The minimum Gasteiger partial charge on any atom is -0.493 e. The third-order valence-electron chi connectivity index (χ3n) is 6.04. The fourth-order valence-electron chi connectivity index (χ4n) is 4.31. The summed E-state index contributed by atoms with van der Waals surface area (Å²) >= 11 is 0. The van der Waals surface area contributed by atoms with Gasteiger partial charge >= 0.3 is 0 Å². The highest BCUT2D eigenvalue weighted by Crippen LogP contribution is 2.38. The fourth-order valence-corrected chi connectivity index (χ4v) is 4.31. The highest BCUT2D eigenvalue weighted by Gasteiger charge is 2.33. The van der Waals surface area contributed by atoms with Crippen LogP contribution >= 0.6 is 0 Å². The van der Waals surface area contributed by atoms with Crippen LogP contribution in [0.2, 0.25) is 0 Å². The van der Waals surface area contributed by atoms with Crippen LogP contribution in [0.25, 0.3) is 33.4 Å². The Morgan fingerprint density at radius 3 is 2.58 bits per heavy atom. The number of ether oxygens (including phenoxy) is 1. The van der Waals surface area contributed by atoms with Crippen molar-refractivity contribution in [1.29, 1.82) is 0 Å². The monoisotopic (exact) mass is 443 g/mol. The van der Waals surface area contributed by atoms with E-state index >= 15 is 0 Å². The molecule has 2 aromatic carbocycles. The Labute approximate surface area is 190 Å². The van der Waals surface area contributed by atoms with Crippen molar-refractivity contribution in [2.45, 2.75) is 31.9 Å². The van der Waals surface area contributed by atoms with E-state index in [1.54, 1.807) is 4.68 Å². The van der Waals surface area contributed by atoms with Crippen molar-refractivity contribution in [2.75, 3.05) is 12.3 Å². The van der Waals surface area contributed by atoms with Crippen LogP contribution in [0.5, 0.6) is 5.75 Å². The largest absolute Gasteiger partial charge is 0.493 e. The molecule has 0 atom stereocenters. The Morgan fingerprint density at radius 1 is 1.15 bits per heavy atom. The SMILES string of the molecule is CCOc1cc(-c2ccccc2)nc2cc(-c3nn(C4CC(O)C4)c(N)c3C(N)=O)ccc12. The van der Waals surface area contributed by atoms with E-state index in [2.05, 4.69) is 5.10 Å². The summed E-state index contributed by atoms with van der Waals surface area (Å²) in [5.41, 5.74) is 15.7. The number of primary amides is 1. The number of carbonyl (C=O) groups is 1. The Morgan fingerprint density at radius 2 is 1.91 bits per heavy atom. The van der Waals surface area contributed by atoms with Crippen LogP contribution in [0.3, 0.4) is 0 Å². The van der Waals surface area contributed by atoms with Gasteiger partial charge in [-0.05, 0) is 31.9 Å². The van der Waals surface area contributed by atoms with E-state index in [0.717, 1.165) is 22.4 Å². The normalized spacial score (nSPS) is 17.6. The molecule has 0 bridgehead atoms. The van der Waals surface area contributed by atoms with E-state index in [1.165, 1.54) is 0 Å². The van der Waals surface area contributed by atoms with Gasteiger partial charge in [-0.1, -0.05) is 36.4 Å². The Bertz CT molecular complexity index is 1340. The van der Waals surface area contributed by atoms with Gasteiger partial charge in [-0.15, -0.1) is 0 Å². The number of nitrogens with zero attached hydrogens (tertiary/aromatic N) is 3. The maximum absolute atomic E-state index is 12.3. The molecule has 33 heavy (non-hydrogen) atoms. The summed E-state index contributed by atoms with van der Waals surface area (Å²) in [5, 5.41) is 15.2. The van der Waals surface area contributed by atoms with Gasteiger partial charge in [0, 0.05) is 22.6 Å². The number of fused-ring (bicyclic) bond motifs is 1. The maximum Gasteiger partial charge on any atom is 0.254 e. The van der Waals surface area contributed by atoms with Gasteiger partial charge in [-0.25, -0.2) is 9.67 Å². The quantitative estimate of drug-likeness (QED) is 0.418. The summed E-state index contributed by atoms with van der Waals surface area (Å²) in [4.78, 5) is 17.1. The lowest BCUT2D eigenvalue weighted by atomic mass is 9.90. The second-order valence-corrected chi connectivity index (χ2v) is 8.23. The van der Waals surface area contributed by atoms with Gasteiger partial charge in [-0.3, -0.25) is 4.79 Å². The summed E-state index contributed by atoms with van der Waals surface area (Å²) in [6.07, 6.45) is 0.708. The number of rotatable bonds is 6. The van der Waals surface area contributed by atoms with E-state index in [4.69, 9.17) is 21.2 Å². The first-order valence-electron chi connectivity index (χ1n) is 11.0. The van der Waals surface area contributed by atoms with Crippen molar-refractivity contribution in [3.05, 3.63) is 60.2 Å². The summed E-state index contributed by atoms with van der Waals surface area (Å²) in [7, 11) is 0. The number of nitrogen functional groups attached to an aromatic ring is 1. The molecule has 5 N–H and O–H groups in total. The molecule has 0 unspecified atom stereocenters. The number of aliphatic hydroxyl groups excluding tert-OH is 1. The average molecular weight is 444 g/mol. The summed E-state index contributed by atoms with van der Waals surface area (Å²) in [6, 6.07) is 17.4. The van der Waals surface area contributed by atoms with Crippen molar-refractivity contribution in [3.63, 3.8) is 0 Å². The highest BCUT2D eigenvalue weighted by atomic mass is 16.5. The molecule has 0 spiro atoms. The van der Waals surface area contributed by atoms with Crippen LogP contribution in [-0.2, 0) is 0 Å². The minimum absolute atomic E-state index is 0.0559. The molecular formula is C25H25N5O3. The van der Waals surface area contributed by atoms with Gasteiger partial charge < -0.3 is 21.3 Å². The topological polar surface area (TPSA) is 129 Å². The highest BCUT2D eigenvalue weighted by molar-refractivity contribution is 6.04. The van der Waals surface area contributed by atoms with Gasteiger partial charge in [0.05, 0.1) is 30.0 Å². The zero-order valence-electron chi connectivity index (χ0n) is 18.2. The fraction of sp³-hybridized carbons (Fsp3) is 0.240. The van der Waals surface area contributed by atoms with Crippen LogP contribution < -0.4 is 16.2 Å². The molecule has 0 radical (unpaired) electrons. The molecule has 168 valence electrons. The molecule has 2 heterocycles. The van der Waals surface area contributed by atoms with Gasteiger partial charge in [0.2, 0.25) is 0 Å². The van der Waals surface area contributed by atoms with Crippen molar-refractivity contribution in [2.24, 2.45) is 5.73 Å². The molecule has 2 aromatic heterocycles. The second-order valence-electron chi connectivity index (χ2n) is 8.23. The number of amides is 1. The molecule has 1 saturated carbocycles. The van der Waals surface area contributed by atoms with E-state index in [1.807, 2.05) is 61.5 Å². The summed E-state index contributed by atoms with van der Waals surface area (Å²) in [5.74, 6) is 0.307. The van der Waals surface area contributed by atoms with Crippen LogP contribution in [-0.4, -0.2) is 38.5 Å². The molecule has 1 aliphatic carbocycles. The zero-order chi connectivity index (χ0) is 23.1. The minimum atomic E-state index is -0.644. The molecule has 1 amide bonds. The van der Waals surface area contributed by atoms with E-state index in [0.29, 0.717) is 36.2 Å². The second kappa shape index (κ2) is 8.22. The van der Waals surface area contributed by atoms with Crippen molar-refractivity contribution in [1.82, 2.24) is 14.8 Å². The number of benzene rings is 2. The number of pyridine rings is 1. The van der Waals surface area contributed by atoms with Gasteiger partial charge in [0.25, 0.3) is 5.91 Å². The standard InChI is InChI=1S/C25H25N5O3/c1-2-33-21-13-19(14-6-4-3-5-7-14)28-20-10-15(8-9-18(20)21)23-22(25(27)32)24(26)30(29-23)16-11-17(31)12-16/h3-10,13,16-17,31H,2,11-12,26H2,1H3,(H2,27,32). The van der Waals surface area contributed by atoms with E-state index in [-0.39, 0.29) is 23.5 Å². The zero-order valence-corrected chi connectivity index (χ0v) is 18.2. The lowest BCUT2D eigenvalue weighted by molar-refractivity contribution is 0.0445. The number of hydrogen-bond donors (Lipinski definition) is 3. The van der Waals surface area contributed by atoms with Gasteiger partial charge in [0.15, 0.2) is 0 Å². The Kier molecular flexibility index (Phi) is 5.22. The summed E-state index contributed by atoms with van der Waals surface area (Å²) in [6.45, 7) is 2.46. The Hall–Kier alpha value is -3.91. The number of anilines is 1. The number of hydrogen-bond acceptors (Lipinski definition) is 6. The first kappa shape index (κ1) is 21.0. The van der Waals surface area contributed by atoms with Crippen molar-refractivity contribution >= 4 is 22.6 Å². The maximum atomic E-state index is 12.3. The van der Waals surface area contributed by atoms with Crippen molar-refractivity contribution in [3.8, 4) is 28.3 Å². The first-order valence-corrected chi connectivity index (χ1v) is 11.0. The molecule has 0 aliphatic heterocycles. The third kappa shape index (κ3) is 3.68. The van der Waals surface area contributed by atoms with Gasteiger partial charge in [0.1, 0.15) is 22.8 Å². The molecule has 8 nitrogen and oxygen atoms in total. The number of aliphatic hydroxyl groups is 1. The first-order chi connectivity index (χ1) is 16.0. The number of aromatic nitrogens is 3. The van der Waals surface area contributed by atoms with Crippen LogP contribution in [0.15, 0.2) is 54.6 Å². The van der Waals surface area contributed by atoms with E-state index in [9.17, 15) is 9.90 Å². The molecule has 1 aliphatic rings. The third-order valence-corrected chi connectivity index (χ3v) is 6.04. The van der Waals surface area contributed by atoms with Crippen LogP contribution in [0.1, 0.15) is 36.2 Å². The predicted octanol–water partition coefficient (Wildman–Crippen LogP) is 3.54. The lowest BCUT2D eigenvalue weighted by Crippen LogP contribution is -2.32. The smallest absolute Gasteiger partial charge is 0.254 e. The molecular weight excluding hydrogens is 418 g/mol. The number of carbonyl (C=O) groups excluding carboxylic acids is 1. The Balaban J connectivity index is 1.66. The molecule has 8 heteroatoms. The number of nitrogens with two attached hydrogens (primary N) is 2. The summed E-state index contributed by atoms with van der Waals surface area (Å²) < 4.78 is 7.50. The molecule has 5 rings (SSSR count). The van der Waals surface area contributed by atoms with E-state index < -0.39 is 5.91 Å². The lowest BCUT2D eigenvalue weighted by Gasteiger charge is -2.32. The average Bonchev–Trinajstić information content (AvgIpc) is 3.14. The van der Waals surface area contributed by atoms with Crippen LogP contribution in [0.4, 0.5) is 5.82 Å². The predicted molar refractivity (Wildman–Crippen MR) is 127 cm³/mol. The molecule has 0 saturated heterocycles. The van der Waals surface area contributed by atoms with Crippen LogP contribution in [0, 0.1) is 0 Å². The van der Waals surface area contributed by atoms with Crippen molar-refractivity contribution < 1.29 is 14.6 Å². The van der Waals surface area contributed by atoms with Gasteiger partial charge in [-0.2, -0.15) is 5.10 Å². The molecule has 4 aromatic rings.